The van der Waals surface area contributed by atoms with Gasteiger partial charge in [-0.15, -0.1) is 5.01 Å². The average molecular weight is 378 g/mol. The maximum atomic E-state index is 12.7. The van der Waals surface area contributed by atoms with Gasteiger partial charge in [-0.1, -0.05) is 53.5 Å². The zero-order valence-corrected chi connectivity index (χ0v) is 14.5. The van der Waals surface area contributed by atoms with Gasteiger partial charge in [-0.3, -0.25) is 4.79 Å². The number of nitrogens with one attached hydrogen (secondary N) is 1. The first kappa shape index (κ1) is 17.3. The van der Waals surface area contributed by atoms with E-state index in [1.165, 1.54) is 12.1 Å². The highest BCUT2D eigenvalue weighted by atomic mass is 35.5. The first-order valence-corrected chi connectivity index (χ1v) is 8.03. The molecule has 6 nitrogen and oxygen atoms in total. The molecule has 2 N–H and O–H groups in total. The molecule has 2 aromatic rings. The van der Waals surface area contributed by atoms with Crippen LogP contribution < -0.4 is 5.32 Å². The summed E-state index contributed by atoms with van der Waals surface area (Å²) in [6, 6.07) is 11.0. The maximum Gasteiger partial charge on any atom is 0.346 e. The van der Waals surface area contributed by atoms with Gasteiger partial charge in [0.15, 0.2) is 0 Å². The van der Waals surface area contributed by atoms with Crippen LogP contribution >= 0.6 is 23.2 Å². The molecule has 0 radical (unpaired) electrons. The van der Waals surface area contributed by atoms with Crippen LogP contribution in [-0.4, -0.2) is 28.3 Å². The van der Waals surface area contributed by atoms with E-state index in [0.717, 1.165) is 6.21 Å². The molecule has 3 rings (SSSR count). The summed E-state index contributed by atoms with van der Waals surface area (Å²) in [6.45, 7) is 1.60. The van der Waals surface area contributed by atoms with Gasteiger partial charge in [0.05, 0.1) is 11.2 Å². The number of halogens is 2. The van der Waals surface area contributed by atoms with Crippen molar-refractivity contribution < 1.29 is 14.7 Å². The van der Waals surface area contributed by atoms with Gasteiger partial charge >= 0.3 is 6.03 Å². The number of rotatable bonds is 3. The van der Waals surface area contributed by atoms with Crippen molar-refractivity contribution in [1.29, 1.82) is 0 Å². The first-order valence-electron chi connectivity index (χ1n) is 7.27. The van der Waals surface area contributed by atoms with Gasteiger partial charge in [0.2, 0.25) is 0 Å². The normalized spacial score (nSPS) is 20.4. The molecule has 3 amide bonds. The van der Waals surface area contributed by atoms with Crippen LogP contribution in [0.25, 0.3) is 0 Å². The number of hydrazone groups is 1. The quantitative estimate of drug-likeness (QED) is 0.634. The second kappa shape index (κ2) is 6.38. The summed E-state index contributed by atoms with van der Waals surface area (Å²) in [5.74, 6) is -0.778. The van der Waals surface area contributed by atoms with E-state index in [-0.39, 0.29) is 21.4 Å². The molecule has 0 aliphatic carbocycles. The Morgan fingerprint density at radius 2 is 1.88 bits per heavy atom. The summed E-state index contributed by atoms with van der Waals surface area (Å²) in [5.41, 5.74) is -0.393. The number of carbonyl (C=O) groups is 2. The van der Waals surface area contributed by atoms with E-state index in [1.54, 1.807) is 31.2 Å². The van der Waals surface area contributed by atoms with Crippen molar-refractivity contribution in [1.82, 2.24) is 10.3 Å². The molecule has 0 bridgehead atoms. The van der Waals surface area contributed by atoms with Crippen molar-refractivity contribution in [2.24, 2.45) is 5.10 Å². The first-order chi connectivity index (χ1) is 11.8. The largest absolute Gasteiger partial charge is 0.506 e. The number of nitrogens with zero attached hydrogens (tertiary/aromatic N) is 2. The van der Waals surface area contributed by atoms with E-state index >= 15 is 0 Å². The van der Waals surface area contributed by atoms with Crippen molar-refractivity contribution in [2.75, 3.05) is 0 Å². The van der Waals surface area contributed by atoms with Gasteiger partial charge in [0, 0.05) is 10.6 Å². The number of imide groups is 1. The molecule has 1 aliphatic heterocycles. The lowest BCUT2D eigenvalue weighted by Gasteiger charge is -2.20. The highest BCUT2D eigenvalue weighted by molar-refractivity contribution is 6.36. The summed E-state index contributed by atoms with van der Waals surface area (Å²) in [4.78, 5) is 24.9. The summed E-state index contributed by atoms with van der Waals surface area (Å²) >= 11 is 11.7. The minimum Gasteiger partial charge on any atom is -0.506 e. The lowest BCUT2D eigenvalue weighted by molar-refractivity contribution is -0.131. The van der Waals surface area contributed by atoms with Crippen LogP contribution in [0.4, 0.5) is 4.79 Å². The van der Waals surface area contributed by atoms with Gasteiger partial charge < -0.3 is 10.4 Å². The zero-order chi connectivity index (χ0) is 18.2. The Hall–Kier alpha value is -2.57. The predicted molar refractivity (Wildman–Crippen MR) is 94.9 cm³/mol. The van der Waals surface area contributed by atoms with Crippen LogP contribution in [0.3, 0.4) is 0 Å². The Balaban J connectivity index is 1.92. The van der Waals surface area contributed by atoms with Crippen molar-refractivity contribution in [3.63, 3.8) is 0 Å². The number of amides is 3. The van der Waals surface area contributed by atoms with Crippen molar-refractivity contribution in [3.8, 4) is 5.75 Å². The maximum absolute atomic E-state index is 12.7. The van der Waals surface area contributed by atoms with Crippen LogP contribution in [0.5, 0.6) is 5.75 Å². The predicted octanol–water partition coefficient (Wildman–Crippen LogP) is 3.50. The fraction of sp³-hybridized carbons (Fsp3) is 0.118. The molecule has 2 aromatic carbocycles. The lowest BCUT2D eigenvalue weighted by Crippen LogP contribution is -2.40. The van der Waals surface area contributed by atoms with E-state index in [1.807, 2.05) is 6.07 Å². The number of hydrogen-bond donors (Lipinski definition) is 2. The molecule has 1 saturated heterocycles. The van der Waals surface area contributed by atoms with Gasteiger partial charge in [-0.25, -0.2) is 4.79 Å². The minimum absolute atomic E-state index is 0.0419. The lowest BCUT2D eigenvalue weighted by atomic mass is 9.92. The molecule has 0 saturated carbocycles. The van der Waals surface area contributed by atoms with Crippen LogP contribution in [0.15, 0.2) is 47.6 Å². The Morgan fingerprint density at radius 1 is 1.20 bits per heavy atom. The number of benzene rings is 2. The summed E-state index contributed by atoms with van der Waals surface area (Å²) in [5, 5.41) is 17.5. The molecule has 0 aromatic heterocycles. The number of hydrogen-bond acceptors (Lipinski definition) is 4. The third kappa shape index (κ3) is 3.06. The van der Waals surface area contributed by atoms with E-state index in [9.17, 15) is 14.7 Å². The summed E-state index contributed by atoms with van der Waals surface area (Å²) < 4.78 is 0. The number of phenolic OH excluding ortho intramolecular Hbond substituents is 1. The second-order valence-electron chi connectivity index (χ2n) is 5.61. The van der Waals surface area contributed by atoms with Crippen LogP contribution in [0, 0.1) is 0 Å². The number of phenols is 1. The summed E-state index contributed by atoms with van der Waals surface area (Å²) in [6.07, 6.45) is 1.15. The molecule has 1 fully saturated rings. The Labute approximate surface area is 153 Å². The molecule has 1 aliphatic rings. The molecular weight excluding hydrogens is 365 g/mol. The van der Waals surface area contributed by atoms with Gasteiger partial charge in [-0.2, -0.15) is 5.10 Å². The molecule has 25 heavy (non-hydrogen) atoms. The monoisotopic (exact) mass is 377 g/mol. The van der Waals surface area contributed by atoms with Crippen LogP contribution in [0.1, 0.15) is 18.1 Å². The van der Waals surface area contributed by atoms with Gasteiger partial charge in [0.25, 0.3) is 5.91 Å². The third-order valence-electron chi connectivity index (χ3n) is 3.89. The molecule has 8 heteroatoms. The van der Waals surface area contributed by atoms with Gasteiger partial charge in [-0.05, 0) is 24.6 Å². The standard InChI is InChI=1S/C17H13Cl2N3O3/c1-17(11-5-3-2-4-6-11)15(24)22(16(25)21-17)20-9-10-7-12(18)8-13(19)14(10)23/h2-9,23H,1H3,(H,21,25)/b20-9+/t17-/m0/s1. The fourth-order valence-electron chi connectivity index (χ4n) is 2.50. The van der Waals surface area contributed by atoms with Crippen molar-refractivity contribution >= 4 is 41.4 Å². The number of carbonyl (C=O) groups excluding carboxylic acids is 2. The molecule has 0 unspecified atom stereocenters. The Bertz CT molecular complexity index is 886. The zero-order valence-electron chi connectivity index (χ0n) is 13.0. The molecule has 128 valence electrons. The summed E-state index contributed by atoms with van der Waals surface area (Å²) in [7, 11) is 0. The Morgan fingerprint density at radius 3 is 2.56 bits per heavy atom. The Kier molecular flexibility index (Phi) is 4.41. The average Bonchev–Trinajstić information content (AvgIpc) is 2.81. The van der Waals surface area contributed by atoms with E-state index in [2.05, 4.69) is 10.4 Å². The molecular formula is C17H13Cl2N3O3. The fourth-order valence-corrected chi connectivity index (χ4v) is 3.01. The number of aromatic hydroxyl groups is 1. The molecule has 1 heterocycles. The second-order valence-corrected chi connectivity index (χ2v) is 6.45. The smallest absolute Gasteiger partial charge is 0.346 e. The topological polar surface area (TPSA) is 82.0 Å². The van der Waals surface area contributed by atoms with E-state index in [4.69, 9.17) is 23.2 Å². The molecule has 0 spiro atoms. The highest BCUT2D eigenvalue weighted by Crippen LogP contribution is 2.31. The van der Waals surface area contributed by atoms with Crippen molar-refractivity contribution in [3.05, 3.63) is 63.6 Å². The third-order valence-corrected chi connectivity index (χ3v) is 4.40. The van der Waals surface area contributed by atoms with Crippen molar-refractivity contribution in [2.45, 2.75) is 12.5 Å². The van der Waals surface area contributed by atoms with Gasteiger partial charge in [0.1, 0.15) is 11.3 Å². The molecule has 1 atom stereocenters. The van der Waals surface area contributed by atoms with Crippen LogP contribution in [-0.2, 0) is 10.3 Å². The minimum atomic E-state index is -1.22. The highest BCUT2D eigenvalue weighted by Gasteiger charge is 2.49. The number of urea groups is 1. The van der Waals surface area contributed by atoms with E-state index < -0.39 is 17.5 Å². The van der Waals surface area contributed by atoms with Crippen LogP contribution in [0.2, 0.25) is 10.0 Å². The van der Waals surface area contributed by atoms with E-state index in [0.29, 0.717) is 10.6 Å². The SMILES string of the molecule is C[C@@]1(c2ccccc2)NC(=O)N(/N=C/c2cc(Cl)cc(Cl)c2O)C1=O.